The average Bonchev–Trinajstić information content (AvgIpc) is 2.71. The summed E-state index contributed by atoms with van der Waals surface area (Å²) in [7, 11) is 1.52. The highest BCUT2D eigenvalue weighted by molar-refractivity contribution is 9.12. The van der Waals surface area contributed by atoms with Gasteiger partial charge >= 0.3 is 0 Å². The molecule has 0 atom stereocenters. The van der Waals surface area contributed by atoms with Crippen molar-refractivity contribution in [1.82, 2.24) is 4.90 Å². The maximum absolute atomic E-state index is 11.7. The first-order valence-corrected chi connectivity index (χ1v) is 7.10. The monoisotopic (exact) mass is 347 g/mol. The fraction of sp³-hybridized carbons (Fsp3) is 0.125. The third-order valence-corrected chi connectivity index (χ3v) is 3.47. The van der Waals surface area contributed by atoms with Crippen molar-refractivity contribution in [2.75, 3.05) is 13.6 Å². The number of nitrogens with zero attached hydrogens (tertiary/aromatic N) is 1. The molecule has 21 heavy (non-hydrogen) atoms. The number of halogens is 1. The Morgan fingerprint density at radius 2 is 1.90 bits per heavy atom. The number of benzene rings is 1. The Kier molecular flexibility index (Phi) is 4.75. The summed E-state index contributed by atoms with van der Waals surface area (Å²) in [5, 5.41) is 9.90. The number of rotatable bonds is 3. The molecule has 2 rings (SSSR count). The molecule has 108 valence electrons. The number of aliphatic hydroxyl groups is 1. The number of hydrogen-bond donors (Lipinski definition) is 1. The number of amides is 1. The van der Waals surface area contributed by atoms with Crippen molar-refractivity contribution in [2.24, 2.45) is 0 Å². The van der Waals surface area contributed by atoms with Crippen molar-refractivity contribution in [2.45, 2.75) is 0 Å². The van der Waals surface area contributed by atoms with Crippen LogP contribution in [0.1, 0.15) is 5.56 Å². The molecule has 1 aromatic carbocycles. The summed E-state index contributed by atoms with van der Waals surface area (Å²) < 4.78 is 0.715. The second kappa shape index (κ2) is 6.54. The van der Waals surface area contributed by atoms with E-state index >= 15 is 0 Å². The molecule has 0 spiro atoms. The highest BCUT2D eigenvalue weighted by Gasteiger charge is 2.33. The van der Waals surface area contributed by atoms with E-state index in [-0.39, 0.29) is 23.7 Å². The molecule has 1 fully saturated rings. The molecule has 0 radical (unpaired) electrons. The lowest BCUT2D eigenvalue weighted by atomic mass is 10.1. The van der Waals surface area contributed by atoms with Gasteiger partial charge in [0.25, 0.3) is 5.91 Å². The minimum atomic E-state index is -0.453. The van der Waals surface area contributed by atoms with Gasteiger partial charge in [0, 0.05) is 11.5 Å². The van der Waals surface area contributed by atoms with Gasteiger partial charge < -0.3 is 10.0 Å². The number of allylic oxidation sites excluding steroid dienone is 3. The first-order valence-electron chi connectivity index (χ1n) is 6.31. The molecule has 1 amide bonds. The van der Waals surface area contributed by atoms with Crippen LogP contribution in [-0.4, -0.2) is 35.3 Å². The normalized spacial score (nSPS) is 18.8. The van der Waals surface area contributed by atoms with Crippen LogP contribution in [0.3, 0.4) is 0 Å². The molecule has 1 aliphatic heterocycles. The van der Waals surface area contributed by atoms with Crippen molar-refractivity contribution >= 4 is 33.7 Å². The maximum Gasteiger partial charge on any atom is 0.261 e. The predicted molar refractivity (Wildman–Crippen MR) is 84.8 cm³/mol. The van der Waals surface area contributed by atoms with Crippen LogP contribution in [0.25, 0.3) is 6.08 Å². The van der Waals surface area contributed by atoms with Crippen molar-refractivity contribution < 1.29 is 14.7 Å². The van der Waals surface area contributed by atoms with Crippen LogP contribution in [-0.2, 0) is 9.59 Å². The van der Waals surface area contributed by atoms with Crippen molar-refractivity contribution in [3.8, 4) is 0 Å². The lowest BCUT2D eigenvalue weighted by molar-refractivity contribution is -0.123. The van der Waals surface area contributed by atoms with Crippen LogP contribution >= 0.6 is 15.9 Å². The molecule has 4 nitrogen and oxygen atoms in total. The molecule has 0 aromatic heterocycles. The molecule has 1 aromatic rings. The Bertz CT molecular complexity index is 659. The van der Waals surface area contributed by atoms with Crippen LogP contribution in [0.5, 0.6) is 0 Å². The smallest absolute Gasteiger partial charge is 0.261 e. The summed E-state index contributed by atoms with van der Waals surface area (Å²) in [6.45, 7) is 0.00703. The first kappa shape index (κ1) is 15.3. The first-order chi connectivity index (χ1) is 9.99. The van der Waals surface area contributed by atoms with E-state index in [0.29, 0.717) is 4.48 Å². The SMILES string of the molecule is CN1CC(=O)C(=C(O)/C=C/C(Br)=C/c2ccccc2)C1=O. The van der Waals surface area contributed by atoms with E-state index in [1.54, 1.807) is 6.08 Å². The number of carbonyl (C=O) groups excluding carboxylic acids is 2. The second-order valence-corrected chi connectivity index (χ2v) is 5.53. The molecule has 1 heterocycles. The van der Waals surface area contributed by atoms with E-state index in [1.807, 2.05) is 36.4 Å². The highest BCUT2D eigenvalue weighted by Crippen LogP contribution is 2.18. The lowest BCUT2D eigenvalue weighted by Crippen LogP contribution is -2.19. The highest BCUT2D eigenvalue weighted by atomic mass is 79.9. The van der Waals surface area contributed by atoms with E-state index in [2.05, 4.69) is 15.9 Å². The summed E-state index contributed by atoms with van der Waals surface area (Å²) in [6.07, 6.45) is 4.79. The molecule has 0 aliphatic carbocycles. The maximum atomic E-state index is 11.7. The number of likely N-dealkylation sites (tertiary alicyclic amines) is 1. The molecule has 1 saturated heterocycles. The molecule has 1 aliphatic rings. The van der Waals surface area contributed by atoms with Crippen molar-refractivity contribution in [3.63, 3.8) is 0 Å². The van der Waals surface area contributed by atoms with Gasteiger partial charge in [-0.1, -0.05) is 46.3 Å². The van der Waals surface area contributed by atoms with Gasteiger partial charge in [0.05, 0.1) is 6.54 Å². The van der Waals surface area contributed by atoms with Gasteiger partial charge in [0.1, 0.15) is 11.3 Å². The third kappa shape index (κ3) is 3.70. The van der Waals surface area contributed by atoms with Gasteiger partial charge in [-0.05, 0) is 23.8 Å². The number of aliphatic hydroxyl groups excluding tert-OH is 1. The number of carbonyl (C=O) groups is 2. The molecular formula is C16H14BrNO3. The zero-order valence-corrected chi connectivity index (χ0v) is 13.0. The van der Waals surface area contributed by atoms with Gasteiger partial charge in [0.15, 0.2) is 5.78 Å². The van der Waals surface area contributed by atoms with Crippen LogP contribution < -0.4 is 0 Å². The second-order valence-electron chi connectivity index (χ2n) is 4.62. The van der Waals surface area contributed by atoms with E-state index in [4.69, 9.17) is 0 Å². The van der Waals surface area contributed by atoms with E-state index in [9.17, 15) is 14.7 Å². The summed E-state index contributed by atoms with van der Waals surface area (Å²) in [4.78, 5) is 24.6. The summed E-state index contributed by atoms with van der Waals surface area (Å²) in [5.74, 6) is -1.13. The minimum Gasteiger partial charge on any atom is -0.507 e. The van der Waals surface area contributed by atoms with E-state index < -0.39 is 5.91 Å². The third-order valence-electron chi connectivity index (χ3n) is 2.98. The zero-order chi connectivity index (χ0) is 15.4. The van der Waals surface area contributed by atoms with Gasteiger partial charge in [-0.15, -0.1) is 0 Å². The summed E-state index contributed by atoms with van der Waals surface area (Å²) in [6, 6.07) is 9.63. The largest absolute Gasteiger partial charge is 0.507 e. The molecule has 0 saturated carbocycles. The number of Topliss-reactive ketones (excluding diaryl/α,β-unsaturated/α-hetero) is 1. The van der Waals surface area contributed by atoms with Gasteiger partial charge in [-0.3, -0.25) is 9.59 Å². The minimum absolute atomic E-state index is 0.00703. The Labute approximate surface area is 131 Å². The van der Waals surface area contributed by atoms with Crippen LogP contribution in [0.15, 0.2) is 58.3 Å². The molecule has 0 unspecified atom stereocenters. The van der Waals surface area contributed by atoms with E-state index in [1.165, 1.54) is 18.0 Å². The Balaban J connectivity index is 2.19. The van der Waals surface area contributed by atoms with E-state index in [0.717, 1.165) is 5.56 Å². The fourth-order valence-corrected chi connectivity index (χ4v) is 2.32. The Morgan fingerprint density at radius 1 is 1.24 bits per heavy atom. The van der Waals surface area contributed by atoms with Crippen molar-refractivity contribution in [1.29, 1.82) is 0 Å². The van der Waals surface area contributed by atoms with Crippen LogP contribution in [0.4, 0.5) is 0 Å². The molecule has 5 heteroatoms. The quantitative estimate of drug-likeness (QED) is 0.396. The van der Waals surface area contributed by atoms with Gasteiger partial charge in [0.2, 0.25) is 0 Å². The standard InChI is InChI=1S/C16H14BrNO3/c1-18-10-14(20)15(16(18)21)13(19)8-7-12(17)9-11-5-3-2-4-6-11/h2-9,19H,10H2,1H3/b8-7+,12-9-,15-13?. The summed E-state index contributed by atoms with van der Waals surface area (Å²) >= 11 is 3.35. The number of hydrogen-bond acceptors (Lipinski definition) is 3. The van der Waals surface area contributed by atoms with Crippen LogP contribution in [0.2, 0.25) is 0 Å². The predicted octanol–water partition coefficient (Wildman–Crippen LogP) is 2.83. The number of likely N-dealkylation sites (N-methyl/N-ethyl adjacent to an activating group) is 1. The Hall–Kier alpha value is -2.14. The van der Waals surface area contributed by atoms with Gasteiger partial charge in [-0.2, -0.15) is 0 Å². The van der Waals surface area contributed by atoms with Crippen molar-refractivity contribution in [3.05, 3.63) is 63.9 Å². The lowest BCUT2D eigenvalue weighted by Gasteiger charge is -2.03. The topological polar surface area (TPSA) is 57.6 Å². The molecule has 1 N–H and O–H groups in total. The number of ketones is 1. The Morgan fingerprint density at radius 3 is 2.48 bits per heavy atom. The fourth-order valence-electron chi connectivity index (χ4n) is 1.93. The van der Waals surface area contributed by atoms with Gasteiger partial charge in [-0.25, -0.2) is 0 Å². The molecule has 0 bridgehead atoms. The summed E-state index contributed by atoms with van der Waals surface area (Å²) in [5.41, 5.74) is 0.836. The average molecular weight is 348 g/mol. The zero-order valence-electron chi connectivity index (χ0n) is 11.4. The molecular weight excluding hydrogens is 334 g/mol. The van der Waals surface area contributed by atoms with Crippen LogP contribution in [0, 0.1) is 0 Å².